The summed E-state index contributed by atoms with van der Waals surface area (Å²) in [7, 11) is 0. The molecule has 0 bridgehead atoms. The zero-order valence-corrected chi connectivity index (χ0v) is 10.6. The van der Waals surface area contributed by atoms with Gasteiger partial charge in [-0.1, -0.05) is 0 Å². The van der Waals surface area contributed by atoms with E-state index in [2.05, 4.69) is 14.9 Å². The molecular weight excluding hydrogens is 234 g/mol. The predicted octanol–water partition coefficient (Wildman–Crippen LogP) is 0.557. The monoisotopic (exact) mass is 251 g/mol. The van der Waals surface area contributed by atoms with Crippen LogP contribution in [0.25, 0.3) is 0 Å². The number of rotatable bonds is 3. The second-order valence-electron chi connectivity index (χ2n) is 4.34. The van der Waals surface area contributed by atoms with Crippen molar-refractivity contribution in [3.8, 4) is 0 Å². The fourth-order valence-electron chi connectivity index (χ4n) is 2.03. The van der Waals surface area contributed by atoms with Gasteiger partial charge in [0.05, 0.1) is 19.6 Å². The van der Waals surface area contributed by atoms with Gasteiger partial charge in [0, 0.05) is 30.0 Å². The van der Waals surface area contributed by atoms with Gasteiger partial charge in [0.2, 0.25) is 5.95 Å². The summed E-state index contributed by atoms with van der Waals surface area (Å²) in [4.78, 5) is 21.7. The smallest absolute Gasteiger partial charge is 0.307 e. The van der Waals surface area contributed by atoms with Gasteiger partial charge in [-0.3, -0.25) is 4.79 Å². The van der Waals surface area contributed by atoms with Gasteiger partial charge in [0.25, 0.3) is 0 Å². The van der Waals surface area contributed by atoms with E-state index in [-0.39, 0.29) is 6.42 Å². The van der Waals surface area contributed by atoms with Crippen LogP contribution in [0.5, 0.6) is 0 Å². The lowest BCUT2D eigenvalue weighted by atomic mass is 10.1. The van der Waals surface area contributed by atoms with Crippen molar-refractivity contribution in [3.05, 3.63) is 17.0 Å². The van der Waals surface area contributed by atoms with Crippen LogP contribution in [0.1, 0.15) is 17.0 Å². The first kappa shape index (κ1) is 12.8. The SMILES string of the molecule is Cc1nc(N2CCOCC2)nc(C)c1CC(=O)O. The number of hydrogen-bond acceptors (Lipinski definition) is 5. The Kier molecular flexibility index (Phi) is 3.76. The fourth-order valence-corrected chi connectivity index (χ4v) is 2.03. The molecule has 0 spiro atoms. The van der Waals surface area contributed by atoms with E-state index in [0.29, 0.717) is 24.7 Å². The van der Waals surface area contributed by atoms with Crippen LogP contribution in [0.4, 0.5) is 5.95 Å². The number of ether oxygens (including phenoxy) is 1. The van der Waals surface area contributed by atoms with Crippen molar-refractivity contribution in [1.82, 2.24) is 9.97 Å². The third kappa shape index (κ3) is 2.76. The lowest BCUT2D eigenvalue weighted by Crippen LogP contribution is -2.37. The van der Waals surface area contributed by atoms with Crippen molar-refractivity contribution in [3.63, 3.8) is 0 Å². The minimum atomic E-state index is -0.857. The number of aliphatic carboxylic acids is 1. The van der Waals surface area contributed by atoms with E-state index in [1.807, 2.05) is 13.8 Å². The molecule has 18 heavy (non-hydrogen) atoms. The van der Waals surface area contributed by atoms with E-state index in [1.165, 1.54) is 0 Å². The Morgan fingerprint density at radius 1 is 1.28 bits per heavy atom. The second kappa shape index (κ2) is 5.30. The fraction of sp³-hybridized carbons (Fsp3) is 0.583. The van der Waals surface area contributed by atoms with Crippen LogP contribution >= 0.6 is 0 Å². The van der Waals surface area contributed by atoms with Crippen LogP contribution < -0.4 is 4.90 Å². The molecule has 0 aromatic carbocycles. The number of carboxylic acid groups (broad SMARTS) is 1. The number of hydrogen-bond donors (Lipinski definition) is 1. The molecule has 0 radical (unpaired) electrons. The Morgan fingerprint density at radius 2 is 1.83 bits per heavy atom. The molecule has 1 N–H and O–H groups in total. The Bertz CT molecular complexity index is 433. The van der Waals surface area contributed by atoms with E-state index in [9.17, 15) is 4.79 Å². The molecule has 0 aliphatic carbocycles. The maximum atomic E-state index is 10.8. The molecule has 2 rings (SSSR count). The number of carbonyl (C=O) groups is 1. The molecule has 1 aliphatic rings. The minimum Gasteiger partial charge on any atom is -0.481 e. The molecule has 6 heteroatoms. The molecule has 0 atom stereocenters. The predicted molar refractivity (Wildman–Crippen MR) is 65.9 cm³/mol. The van der Waals surface area contributed by atoms with Crippen LogP contribution in [-0.2, 0) is 16.0 Å². The summed E-state index contributed by atoms with van der Waals surface area (Å²) < 4.78 is 5.28. The molecule has 1 fully saturated rings. The maximum Gasteiger partial charge on any atom is 0.307 e. The topological polar surface area (TPSA) is 75.5 Å². The maximum absolute atomic E-state index is 10.8. The standard InChI is InChI=1S/C12H17N3O3/c1-8-10(7-11(16)17)9(2)14-12(13-8)15-3-5-18-6-4-15/h3-7H2,1-2H3,(H,16,17). The lowest BCUT2D eigenvalue weighted by molar-refractivity contribution is -0.136. The summed E-state index contributed by atoms with van der Waals surface area (Å²) >= 11 is 0. The van der Waals surface area contributed by atoms with Crippen molar-refractivity contribution >= 4 is 11.9 Å². The molecule has 0 saturated carbocycles. The number of nitrogens with zero attached hydrogens (tertiary/aromatic N) is 3. The van der Waals surface area contributed by atoms with Crippen molar-refractivity contribution in [2.24, 2.45) is 0 Å². The van der Waals surface area contributed by atoms with E-state index < -0.39 is 5.97 Å². The van der Waals surface area contributed by atoms with Crippen molar-refractivity contribution in [1.29, 1.82) is 0 Å². The van der Waals surface area contributed by atoms with Gasteiger partial charge in [0.1, 0.15) is 0 Å². The van der Waals surface area contributed by atoms with Crippen LogP contribution in [-0.4, -0.2) is 47.3 Å². The van der Waals surface area contributed by atoms with Gasteiger partial charge >= 0.3 is 5.97 Å². The second-order valence-corrected chi connectivity index (χ2v) is 4.34. The van der Waals surface area contributed by atoms with E-state index in [1.54, 1.807) is 0 Å². The number of aryl methyl sites for hydroxylation is 2. The zero-order valence-electron chi connectivity index (χ0n) is 10.6. The highest BCUT2D eigenvalue weighted by Crippen LogP contribution is 2.17. The number of morpholine rings is 1. The van der Waals surface area contributed by atoms with Gasteiger partial charge in [-0.25, -0.2) is 9.97 Å². The van der Waals surface area contributed by atoms with Crippen molar-refractivity contribution in [2.45, 2.75) is 20.3 Å². The third-order valence-electron chi connectivity index (χ3n) is 3.03. The largest absolute Gasteiger partial charge is 0.481 e. The lowest BCUT2D eigenvalue weighted by Gasteiger charge is -2.27. The molecule has 98 valence electrons. The minimum absolute atomic E-state index is 0.0267. The molecule has 1 aromatic heterocycles. The molecular formula is C12H17N3O3. The average molecular weight is 251 g/mol. The highest BCUT2D eigenvalue weighted by molar-refractivity contribution is 5.71. The van der Waals surface area contributed by atoms with Crippen molar-refractivity contribution < 1.29 is 14.6 Å². The first-order chi connectivity index (χ1) is 8.58. The first-order valence-corrected chi connectivity index (χ1v) is 5.96. The summed E-state index contributed by atoms with van der Waals surface area (Å²) in [6.45, 7) is 6.57. The van der Waals surface area contributed by atoms with Gasteiger partial charge in [0.15, 0.2) is 0 Å². The van der Waals surface area contributed by atoms with Gasteiger partial charge < -0.3 is 14.7 Å². The van der Waals surface area contributed by atoms with Crippen LogP contribution in [0.3, 0.4) is 0 Å². The molecule has 2 heterocycles. The van der Waals surface area contributed by atoms with Crippen LogP contribution in [0.15, 0.2) is 0 Å². The van der Waals surface area contributed by atoms with Crippen molar-refractivity contribution in [2.75, 3.05) is 31.2 Å². The Morgan fingerprint density at radius 3 is 2.33 bits per heavy atom. The molecule has 1 aliphatic heterocycles. The molecule has 1 saturated heterocycles. The van der Waals surface area contributed by atoms with Crippen LogP contribution in [0, 0.1) is 13.8 Å². The summed E-state index contributed by atoms with van der Waals surface area (Å²) in [5.41, 5.74) is 2.19. The summed E-state index contributed by atoms with van der Waals surface area (Å²) in [6.07, 6.45) is -0.0267. The summed E-state index contributed by atoms with van der Waals surface area (Å²) in [5, 5.41) is 8.85. The van der Waals surface area contributed by atoms with E-state index in [4.69, 9.17) is 9.84 Å². The Hall–Kier alpha value is -1.69. The number of aromatic nitrogens is 2. The Labute approximate surface area is 106 Å². The number of carboxylic acids is 1. The summed E-state index contributed by atoms with van der Waals surface area (Å²) in [5.74, 6) is -0.189. The van der Waals surface area contributed by atoms with Crippen LogP contribution in [0.2, 0.25) is 0 Å². The van der Waals surface area contributed by atoms with E-state index in [0.717, 1.165) is 24.5 Å². The van der Waals surface area contributed by atoms with E-state index >= 15 is 0 Å². The zero-order chi connectivity index (χ0) is 13.1. The molecule has 1 aromatic rings. The normalized spacial score (nSPS) is 15.8. The third-order valence-corrected chi connectivity index (χ3v) is 3.03. The first-order valence-electron chi connectivity index (χ1n) is 5.96. The van der Waals surface area contributed by atoms with Gasteiger partial charge in [-0.05, 0) is 13.8 Å². The highest BCUT2D eigenvalue weighted by atomic mass is 16.5. The summed E-state index contributed by atoms with van der Waals surface area (Å²) in [6, 6.07) is 0. The highest BCUT2D eigenvalue weighted by Gasteiger charge is 2.17. The van der Waals surface area contributed by atoms with Gasteiger partial charge in [-0.15, -0.1) is 0 Å². The quantitative estimate of drug-likeness (QED) is 0.846. The molecule has 6 nitrogen and oxygen atoms in total. The number of anilines is 1. The molecule has 0 amide bonds. The average Bonchev–Trinajstić information content (AvgIpc) is 2.34. The van der Waals surface area contributed by atoms with Gasteiger partial charge in [-0.2, -0.15) is 0 Å². The Balaban J connectivity index is 2.26. The molecule has 0 unspecified atom stereocenters.